The largest absolute Gasteiger partial charge is 0.366 e. The van der Waals surface area contributed by atoms with Crippen LogP contribution in [0.2, 0.25) is 0 Å². The predicted molar refractivity (Wildman–Crippen MR) is 75.1 cm³/mol. The van der Waals surface area contributed by atoms with Crippen molar-refractivity contribution in [2.75, 3.05) is 19.7 Å². The molecule has 5 nitrogen and oxygen atoms in total. The first-order chi connectivity index (χ1) is 8.77. The minimum absolute atomic E-state index is 0.0192. The second kappa shape index (κ2) is 5.38. The summed E-state index contributed by atoms with van der Waals surface area (Å²) in [5, 5.41) is 9.96. The number of carbonyl (C=O) groups is 1. The molecule has 0 bridgehead atoms. The zero-order chi connectivity index (χ0) is 14.1. The number of amides is 1. The Morgan fingerprint density at radius 1 is 1.21 bits per heavy atom. The highest BCUT2D eigenvalue weighted by molar-refractivity contribution is 5.81. The Balaban J connectivity index is 1.92. The van der Waals surface area contributed by atoms with Gasteiger partial charge in [-0.05, 0) is 40.5 Å². The van der Waals surface area contributed by atoms with Crippen molar-refractivity contribution in [2.24, 2.45) is 0 Å². The Bertz CT molecular complexity index is 320. The molecule has 1 atom stereocenters. The van der Waals surface area contributed by atoms with E-state index in [1.54, 1.807) is 0 Å². The standard InChI is InChI=1S/C14H27N3O2/c1-13(2)7-10(8-14(3,4)17-13)16-12(18)11-9-15-5-6-19-11/h10-11,15,17H,5-9H2,1-4H3,(H,16,18). The second-order valence-electron chi connectivity index (χ2n) is 7.07. The topological polar surface area (TPSA) is 62.4 Å². The van der Waals surface area contributed by atoms with E-state index >= 15 is 0 Å². The third-order valence-corrected chi connectivity index (χ3v) is 3.76. The molecule has 0 aliphatic carbocycles. The number of ether oxygens (including phenoxy) is 1. The molecular weight excluding hydrogens is 242 g/mol. The lowest BCUT2D eigenvalue weighted by Crippen LogP contribution is -2.63. The van der Waals surface area contributed by atoms with Crippen LogP contribution in [0.5, 0.6) is 0 Å². The lowest BCUT2D eigenvalue weighted by molar-refractivity contribution is -0.135. The summed E-state index contributed by atoms with van der Waals surface area (Å²) >= 11 is 0. The molecule has 0 spiro atoms. The maximum atomic E-state index is 12.2. The fourth-order valence-electron chi connectivity index (χ4n) is 3.45. The summed E-state index contributed by atoms with van der Waals surface area (Å²) in [6, 6.07) is 0.212. The third kappa shape index (κ3) is 4.16. The molecule has 2 heterocycles. The number of hydrogen-bond acceptors (Lipinski definition) is 4. The fourth-order valence-corrected chi connectivity index (χ4v) is 3.45. The summed E-state index contributed by atoms with van der Waals surface area (Å²) in [5.74, 6) is 0.0192. The molecule has 3 N–H and O–H groups in total. The maximum absolute atomic E-state index is 12.2. The number of morpholine rings is 1. The van der Waals surface area contributed by atoms with E-state index in [9.17, 15) is 4.79 Å². The van der Waals surface area contributed by atoms with Gasteiger partial charge in [-0.15, -0.1) is 0 Å². The van der Waals surface area contributed by atoms with Crippen LogP contribution in [0.15, 0.2) is 0 Å². The molecule has 0 saturated carbocycles. The molecule has 2 aliphatic rings. The van der Waals surface area contributed by atoms with E-state index in [2.05, 4.69) is 43.6 Å². The Kier molecular flexibility index (Phi) is 4.18. The van der Waals surface area contributed by atoms with Crippen molar-refractivity contribution < 1.29 is 9.53 Å². The summed E-state index contributed by atoms with van der Waals surface area (Å²) in [5.41, 5.74) is 0.0940. The Labute approximate surface area is 115 Å². The zero-order valence-corrected chi connectivity index (χ0v) is 12.5. The smallest absolute Gasteiger partial charge is 0.250 e. The minimum atomic E-state index is -0.338. The Morgan fingerprint density at radius 2 is 1.84 bits per heavy atom. The van der Waals surface area contributed by atoms with Crippen LogP contribution in [0.4, 0.5) is 0 Å². The minimum Gasteiger partial charge on any atom is -0.366 e. The van der Waals surface area contributed by atoms with E-state index in [1.807, 2.05) is 0 Å². The molecule has 1 unspecified atom stereocenters. The van der Waals surface area contributed by atoms with E-state index in [0.29, 0.717) is 13.2 Å². The molecule has 110 valence electrons. The second-order valence-corrected chi connectivity index (χ2v) is 7.07. The van der Waals surface area contributed by atoms with Crippen LogP contribution in [0.1, 0.15) is 40.5 Å². The van der Waals surface area contributed by atoms with Crippen molar-refractivity contribution in [2.45, 2.75) is 63.8 Å². The SMILES string of the molecule is CC1(C)CC(NC(=O)C2CNCCO2)CC(C)(C)N1. The average molecular weight is 269 g/mol. The van der Waals surface area contributed by atoms with Crippen LogP contribution >= 0.6 is 0 Å². The van der Waals surface area contributed by atoms with Gasteiger partial charge in [-0.1, -0.05) is 0 Å². The molecule has 0 aromatic heterocycles. The maximum Gasteiger partial charge on any atom is 0.250 e. The van der Waals surface area contributed by atoms with Gasteiger partial charge in [0, 0.05) is 30.2 Å². The molecule has 1 amide bonds. The monoisotopic (exact) mass is 269 g/mol. The molecule has 5 heteroatoms. The highest BCUT2D eigenvalue weighted by atomic mass is 16.5. The molecule has 2 rings (SSSR count). The van der Waals surface area contributed by atoms with Gasteiger partial charge in [0.25, 0.3) is 5.91 Å². The highest BCUT2D eigenvalue weighted by Crippen LogP contribution is 2.28. The number of rotatable bonds is 2. The van der Waals surface area contributed by atoms with Crippen molar-refractivity contribution in [1.29, 1.82) is 0 Å². The number of carbonyl (C=O) groups excluding carboxylic acids is 1. The molecule has 2 aliphatic heterocycles. The van der Waals surface area contributed by atoms with Crippen molar-refractivity contribution in [3.63, 3.8) is 0 Å². The quantitative estimate of drug-likeness (QED) is 0.679. The predicted octanol–water partition coefficient (Wildman–Crippen LogP) is 0.400. The van der Waals surface area contributed by atoms with Gasteiger partial charge in [0.15, 0.2) is 0 Å². The zero-order valence-electron chi connectivity index (χ0n) is 12.5. The normalized spacial score (nSPS) is 30.8. The molecular formula is C14H27N3O2. The lowest BCUT2D eigenvalue weighted by atomic mass is 9.79. The van der Waals surface area contributed by atoms with Crippen LogP contribution in [0.25, 0.3) is 0 Å². The van der Waals surface area contributed by atoms with E-state index < -0.39 is 0 Å². The van der Waals surface area contributed by atoms with Crippen molar-refractivity contribution in [3.05, 3.63) is 0 Å². The molecule has 0 radical (unpaired) electrons. The van der Waals surface area contributed by atoms with Crippen LogP contribution in [-0.4, -0.2) is 48.8 Å². The van der Waals surface area contributed by atoms with Crippen molar-refractivity contribution in [3.8, 4) is 0 Å². The number of hydrogen-bond donors (Lipinski definition) is 3. The molecule has 0 aromatic rings. The van der Waals surface area contributed by atoms with Gasteiger partial charge in [-0.2, -0.15) is 0 Å². The van der Waals surface area contributed by atoms with E-state index in [1.165, 1.54) is 0 Å². The van der Waals surface area contributed by atoms with Crippen molar-refractivity contribution in [1.82, 2.24) is 16.0 Å². The summed E-state index contributed by atoms with van der Waals surface area (Å²) in [4.78, 5) is 12.2. The Hall–Kier alpha value is -0.650. The van der Waals surface area contributed by atoms with E-state index in [-0.39, 0.29) is 29.1 Å². The average Bonchev–Trinajstić information content (AvgIpc) is 2.25. The number of piperidine rings is 1. The van der Waals surface area contributed by atoms with E-state index in [0.717, 1.165) is 19.4 Å². The van der Waals surface area contributed by atoms with Crippen LogP contribution in [-0.2, 0) is 9.53 Å². The lowest BCUT2D eigenvalue weighted by Gasteiger charge is -2.46. The van der Waals surface area contributed by atoms with Crippen LogP contribution < -0.4 is 16.0 Å². The third-order valence-electron chi connectivity index (χ3n) is 3.76. The summed E-state index contributed by atoms with van der Waals surface area (Å²) in [6.07, 6.45) is 1.56. The first-order valence-corrected chi connectivity index (χ1v) is 7.19. The summed E-state index contributed by atoms with van der Waals surface area (Å²) in [6.45, 7) is 10.8. The van der Waals surface area contributed by atoms with Gasteiger partial charge >= 0.3 is 0 Å². The van der Waals surface area contributed by atoms with Gasteiger partial charge in [-0.3, -0.25) is 4.79 Å². The van der Waals surface area contributed by atoms with Crippen LogP contribution in [0, 0.1) is 0 Å². The molecule has 0 aromatic carbocycles. The van der Waals surface area contributed by atoms with Gasteiger partial charge in [0.05, 0.1) is 6.61 Å². The van der Waals surface area contributed by atoms with Gasteiger partial charge < -0.3 is 20.7 Å². The highest BCUT2D eigenvalue weighted by Gasteiger charge is 2.38. The van der Waals surface area contributed by atoms with Crippen LogP contribution in [0.3, 0.4) is 0 Å². The van der Waals surface area contributed by atoms with Gasteiger partial charge in [-0.25, -0.2) is 0 Å². The first-order valence-electron chi connectivity index (χ1n) is 7.19. The summed E-state index contributed by atoms with van der Waals surface area (Å²) in [7, 11) is 0. The summed E-state index contributed by atoms with van der Waals surface area (Å²) < 4.78 is 5.50. The van der Waals surface area contributed by atoms with Gasteiger partial charge in [0.2, 0.25) is 0 Å². The van der Waals surface area contributed by atoms with Gasteiger partial charge in [0.1, 0.15) is 6.10 Å². The Morgan fingerprint density at radius 3 is 2.37 bits per heavy atom. The van der Waals surface area contributed by atoms with E-state index in [4.69, 9.17) is 4.74 Å². The fraction of sp³-hybridized carbons (Fsp3) is 0.929. The first kappa shape index (κ1) is 14.8. The molecule has 2 fully saturated rings. The number of nitrogens with one attached hydrogen (secondary N) is 3. The molecule has 19 heavy (non-hydrogen) atoms. The van der Waals surface area contributed by atoms with Crippen molar-refractivity contribution >= 4 is 5.91 Å². The molecule has 2 saturated heterocycles.